The summed E-state index contributed by atoms with van der Waals surface area (Å²) in [6.07, 6.45) is 0. The van der Waals surface area contributed by atoms with Crippen LogP contribution in [-0.2, 0) is 19.1 Å². The Balaban J connectivity index is 2.53. The summed E-state index contributed by atoms with van der Waals surface area (Å²) in [6, 6.07) is -0.245. The van der Waals surface area contributed by atoms with Crippen LogP contribution >= 0.6 is 0 Å². The van der Waals surface area contributed by atoms with Gasteiger partial charge in [-0.1, -0.05) is 0 Å². The van der Waals surface area contributed by atoms with Gasteiger partial charge in [-0.05, 0) is 0 Å². The van der Waals surface area contributed by atoms with Crippen LogP contribution < -0.4 is 5.32 Å². The largest absolute Gasteiger partial charge is 0.469 e. The fourth-order valence-corrected chi connectivity index (χ4v) is 1.34. The van der Waals surface area contributed by atoms with Gasteiger partial charge in [-0.25, -0.2) is 0 Å². The highest BCUT2D eigenvalue weighted by molar-refractivity contribution is 5.77. The van der Waals surface area contributed by atoms with Crippen molar-refractivity contribution >= 4 is 11.9 Å². The van der Waals surface area contributed by atoms with Crippen molar-refractivity contribution in [2.24, 2.45) is 5.92 Å². The molecule has 1 saturated heterocycles. The molecule has 0 bridgehead atoms. The molecule has 74 valence electrons. The highest BCUT2D eigenvalue weighted by Gasteiger charge is 2.35. The lowest BCUT2D eigenvalue weighted by Crippen LogP contribution is -2.42. The number of nitrogens with one attached hydrogen (secondary N) is 1. The van der Waals surface area contributed by atoms with Gasteiger partial charge in [0, 0.05) is 6.92 Å². The average Bonchev–Trinajstić information content (AvgIpc) is 2.50. The Bertz CT molecular complexity index is 216. The maximum Gasteiger partial charge on any atom is 0.313 e. The van der Waals surface area contributed by atoms with Crippen molar-refractivity contribution in [1.29, 1.82) is 0 Å². The van der Waals surface area contributed by atoms with E-state index in [2.05, 4.69) is 10.1 Å². The molecule has 1 N–H and O–H groups in total. The second-order valence-corrected chi connectivity index (χ2v) is 2.97. The van der Waals surface area contributed by atoms with Crippen LogP contribution in [0.2, 0.25) is 0 Å². The molecule has 1 rings (SSSR count). The minimum Gasteiger partial charge on any atom is -0.469 e. The zero-order chi connectivity index (χ0) is 9.84. The van der Waals surface area contributed by atoms with Crippen molar-refractivity contribution in [2.45, 2.75) is 13.0 Å². The summed E-state index contributed by atoms with van der Waals surface area (Å²) in [5.74, 6) is -0.866. The van der Waals surface area contributed by atoms with E-state index >= 15 is 0 Å². The first kappa shape index (κ1) is 9.98. The van der Waals surface area contributed by atoms with Crippen LogP contribution in [0, 0.1) is 5.92 Å². The Morgan fingerprint density at radius 2 is 2.15 bits per heavy atom. The average molecular weight is 187 g/mol. The number of carbonyl (C=O) groups is 2. The third kappa shape index (κ3) is 2.42. The normalized spacial score (nSPS) is 26.9. The second-order valence-electron chi connectivity index (χ2n) is 2.97. The molecule has 0 aromatic carbocycles. The molecule has 0 unspecified atom stereocenters. The monoisotopic (exact) mass is 187 g/mol. The fraction of sp³-hybridized carbons (Fsp3) is 0.750. The van der Waals surface area contributed by atoms with E-state index in [1.807, 2.05) is 0 Å². The molecule has 0 radical (unpaired) electrons. The third-order valence-corrected chi connectivity index (χ3v) is 1.97. The van der Waals surface area contributed by atoms with Crippen LogP contribution in [0.5, 0.6) is 0 Å². The summed E-state index contributed by atoms with van der Waals surface area (Å²) < 4.78 is 9.65. The number of ether oxygens (including phenoxy) is 2. The van der Waals surface area contributed by atoms with Crippen molar-refractivity contribution < 1.29 is 19.1 Å². The molecule has 5 nitrogen and oxygen atoms in total. The molecule has 0 aromatic heterocycles. The number of hydrogen-bond donors (Lipinski definition) is 1. The van der Waals surface area contributed by atoms with Gasteiger partial charge in [0.05, 0.1) is 26.4 Å². The predicted octanol–water partition coefficient (Wildman–Crippen LogP) is -0.690. The van der Waals surface area contributed by atoms with E-state index in [9.17, 15) is 9.59 Å². The summed E-state index contributed by atoms with van der Waals surface area (Å²) in [6.45, 7) is 2.10. The van der Waals surface area contributed by atoms with E-state index in [1.165, 1.54) is 14.0 Å². The first-order chi connectivity index (χ1) is 6.15. The van der Waals surface area contributed by atoms with Crippen LogP contribution in [-0.4, -0.2) is 38.2 Å². The number of carbonyl (C=O) groups excluding carboxylic acids is 2. The van der Waals surface area contributed by atoms with Gasteiger partial charge in [-0.3, -0.25) is 9.59 Å². The molecule has 0 saturated carbocycles. The van der Waals surface area contributed by atoms with Crippen molar-refractivity contribution in [3.63, 3.8) is 0 Å². The van der Waals surface area contributed by atoms with Crippen LogP contribution in [0.4, 0.5) is 0 Å². The minimum absolute atomic E-state index is 0.163. The lowest BCUT2D eigenvalue weighted by Gasteiger charge is -2.15. The molecule has 1 aliphatic heterocycles. The number of esters is 1. The van der Waals surface area contributed by atoms with E-state index in [0.717, 1.165) is 0 Å². The summed E-state index contributed by atoms with van der Waals surface area (Å²) in [4.78, 5) is 21.9. The van der Waals surface area contributed by atoms with Crippen LogP contribution in [0.3, 0.4) is 0 Å². The molecule has 0 aliphatic carbocycles. The zero-order valence-electron chi connectivity index (χ0n) is 7.70. The lowest BCUT2D eigenvalue weighted by atomic mass is 10.0. The number of hydrogen-bond acceptors (Lipinski definition) is 4. The molecule has 2 atom stereocenters. The van der Waals surface area contributed by atoms with Gasteiger partial charge in [0.1, 0.15) is 5.92 Å². The zero-order valence-corrected chi connectivity index (χ0v) is 7.70. The van der Waals surface area contributed by atoms with E-state index in [1.54, 1.807) is 0 Å². The Labute approximate surface area is 76.4 Å². The molecule has 1 amide bonds. The fourth-order valence-electron chi connectivity index (χ4n) is 1.34. The van der Waals surface area contributed by atoms with Gasteiger partial charge in [-0.15, -0.1) is 0 Å². The van der Waals surface area contributed by atoms with Crippen LogP contribution in [0.15, 0.2) is 0 Å². The topological polar surface area (TPSA) is 64.6 Å². The van der Waals surface area contributed by atoms with E-state index in [0.29, 0.717) is 13.2 Å². The predicted molar refractivity (Wildman–Crippen MR) is 43.9 cm³/mol. The number of methoxy groups -OCH3 is 1. The summed E-state index contributed by atoms with van der Waals surface area (Å²) in [5, 5.41) is 2.64. The Morgan fingerprint density at radius 3 is 2.69 bits per heavy atom. The molecule has 0 spiro atoms. The van der Waals surface area contributed by atoms with Crippen molar-refractivity contribution in [3.8, 4) is 0 Å². The van der Waals surface area contributed by atoms with Gasteiger partial charge in [-0.2, -0.15) is 0 Å². The lowest BCUT2D eigenvalue weighted by molar-refractivity contribution is -0.146. The van der Waals surface area contributed by atoms with E-state index in [4.69, 9.17) is 4.74 Å². The van der Waals surface area contributed by atoms with Crippen molar-refractivity contribution in [2.75, 3.05) is 20.3 Å². The van der Waals surface area contributed by atoms with Gasteiger partial charge in [0.15, 0.2) is 0 Å². The Morgan fingerprint density at radius 1 is 1.46 bits per heavy atom. The van der Waals surface area contributed by atoms with Crippen molar-refractivity contribution in [1.82, 2.24) is 5.32 Å². The second kappa shape index (κ2) is 4.23. The molecule has 5 heteroatoms. The third-order valence-electron chi connectivity index (χ3n) is 1.97. The quantitative estimate of drug-likeness (QED) is 0.581. The maximum absolute atomic E-state index is 11.2. The van der Waals surface area contributed by atoms with E-state index < -0.39 is 0 Å². The molecule has 1 heterocycles. The first-order valence-electron chi connectivity index (χ1n) is 4.08. The van der Waals surface area contributed by atoms with Crippen LogP contribution in [0.25, 0.3) is 0 Å². The molecular formula is C8H13NO4. The number of rotatable bonds is 2. The summed E-state index contributed by atoms with van der Waals surface area (Å²) >= 11 is 0. The van der Waals surface area contributed by atoms with Gasteiger partial charge in [0.25, 0.3) is 0 Å². The minimum atomic E-state index is -0.367. The van der Waals surface area contributed by atoms with E-state index in [-0.39, 0.29) is 23.8 Å². The molecule has 1 fully saturated rings. The standard InChI is InChI=1S/C8H13NO4/c1-5(10)9-7-4-13-3-6(7)8(11)12-2/h6-7H,3-4H2,1-2H3,(H,9,10)/t6-,7+/m0/s1. The smallest absolute Gasteiger partial charge is 0.313 e. The van der Waals surface area contributed by atoms with Crippen LogP contribution in [0.1, 0.15) is 6.92 Å². The van der Waals surface area contributed by atoms with Gasteiger partial charge in [0.2, 0.25) is 5.91 Å². The summed E-state index contributed by atoms with van der Waals surface area (Å²) in [7, 11) is 1.32. The Kier molecular flexibility index (Phi) is 3.25. The SMILES string of the molecule is COC(=O)[C@H]1COC[C@H]1NC(C)=O. The molecule has 1 aliphatic rings. The van der Waals surface area contributed by atoms with Gasteiger partial charge >= 0.3 is 5.97 Å². The Hall–Kier alpha value is -1.10. The highest BCUT2D eigenvalue weighted by atomic mass is 16.5. The van der Waals surface area contributed by atoms with Gasteiger partial charge < -0.3 is 14.8 Å². The first-order valence-corrected chi connectivity index (χ1v) is 4.08. The maximum atomic E-state index is 11.2. The highest BCUT2D eigenvalue weighted by Crippen LogP contribution is 2.14. The summed E-state index contributed by atoms with van der Waals surface area (Å²) in [5.41, 5.74) is 0. The van der Waals surface area contributed by atoms with Crippen molar-refractivity contribution in [3.05, 3.63) is 0 Å². The molecule has 0 aromatic rings. The molecular weight excluding hydrogens is 174 g/mol. The molecule has 13 heavy (non-hydrogen) atoms. The number of amides is 1.